The van der Waals surface area contributed by atoms with Crippen LogP contribution in [0.2, 0.25) is 0 Å². The number of amidine groups is 1. The summed E-state index contributed by atoms with van der Waals surface area (Å²) < 4.78 is 2.10. The van der Waals surface area contributed by atoms with Crippen LogP contribution < -0.4 is 4.90 Å². The van der Waals surface area contributed by atoms with Gasteiger partial charge in [0.2, 0.25) is 0 Å². The Bertz CT molecular complexity index is 890. The highest BCUT2D eigenvalue weighted by atomic mass is 16.6. The molecule has 0 saturated carbocycles. The number of non-ortho nitro benzene ring substituents is 1. The van der Waals surface area contributed by atoms with Gasteiger partial charge in [-0.15, -0.1) is 0 Å². The van der Waals surface area contributed by atoms with Gasteiger partial charge in [-0.25, -0.2) is 9.48 Å². The minimum atomic E-state index is -1.18. The Morgan fingerprint density at radius 3 is 2.44 bits per heavy atom. The summed E-state index contributed by atoms with van der Waals surface area (Å²) in [5.41, 5.74) is 1.82. The first kappa shape index (κ1) is 17.7. The lowest BCUT2D eigenvalue weighted by Crippen LogP contribution is -2.41. The Hall–Kier alpha value is -2.73. The second-order valence-electron chi connectivity index (χ2n) is 7.42. The molecule has 0 fully saturated rings. The zero-order valence-corrected chi connectivity index (χ0v) is 15.5. The number of nitro groups is 1. The number of aryl methyl sites for hydroxylation is 1. The van der Waals surface area contributed by atoms with Crippen molar-refractivity contribution in [2.24, 2.45) is 0 Å². The molecule has 0 spiro atoms. The van der Waals surface area contributed by atoms with Gasteiger partial charge in [0.15, 0.2) is 6.54 Å². The van der Waals surface area contributed by atoms with Crippen LogP contribution in [0.5, 0.6) is 0 Å². The van der Waals surface area contributed by atoms with Gasteiger partial charge in [-0.3, -0.25) is 10.1 Å². The summed E-state index contributed by atoms with van der Waals surface area (Å²) in [6, 6.07) is 14.7. The topological polar surface area (TPSA) is 69.6 Å². The average molecular weight is 366 g/mol. The molecule has 0 saturated heterocycles. The lowest BCUT2D eigenvalue weighted by Gasteiger charge is -2.23. The number of aliphatic hydroxyl groups is 1. The molecule has 0 unspecified atom stereocenters. The maximum Gasteiger partial charge on any atom is 0.271 e. The van der Waals surface area contributed by atoms with Crippen molar-refractivity contribution in [2.45, 2.75) is 38.3 Å². The smallest absolute Gasteiger partial charge is 0.271 e. The van der Waals surface area contributed by atoms with E-state index in [0.29, 0.717) is 12.1 Å². The van der Waals surface area contributed by atoms with E-state index in [1.807, 2.05) is 0 Å². The van der Waals surface area contributed by atoms with E-state index in [2.05, 4.69) is 40.7 Å². The van der Waals surface area contributed by atoms with Crippen molar-refractivity contribution in [1.82, 2.24) is 0 Å². The first-order valence-corrected chi connectivity index (χ1v) is 9.44. The van der Waals surface area contributed by atoms with E-state index in [1.165, 1.54) is 17.7 Å². The summed E-state index contributed by atoms with van der Waals surface area (Å²) in [5.74, 6) is 1.14. The van der Waals surface area contributed by atoms with Gasteiger partial charge in [0, 0.05) is 24.1 Å². The van der Waals surface area contributed by atoms with Crippen LogP contribution in [-0.4, -0.2) is 33.5 Å². The van der Waals surface area contributed by atoms with Gasteiger partial charge in [0.25, 0.3) is 17.2 Å². The van der Waals surface area contributed by atoms with E-state index in [9.17, 15) is 15.2 Å². The van der Waals surface area contributed by atoms with Crippen LogP contribution in [0.1, 0.15) is 36.8 Å². The molecule has 27 heavy (non-hydrogen) atoms. The van der Waals surface area contributed by atoms with Gasteiger partial charge in [-0.1, -0.05) is 17.7 Å². The van der Waals surface area contributed by atoms with Gasteiger partial charge in [0.05, 0.1) is 11.5 Å². The fraction of sp³-hybridized carbons (Fsp3) is 0.381. The largest absolute Gasteiger partial charge is 0.346 e. The van der Waals surface area contributed by atoms with Crippen LogP contribution in [0.25, 0.3) is 0 Å². The molecule has 2 aliphatic rings. The summed E-state index contributed by atoms with van der Waals surface area (Å²) in [7, 11) is 0. The van der Waals surface area contributed by atoms with Crippen LogP contribution in [-0.2, 0) is 5.72 Å². The average Bonchev–Trinajstić information content (AvgIpc) is 2.83. The van der Waals surface area contributed by atoms with E-state index < -0.39 is 10.6 Å². The maximum atomic E-state index is 11.7. The lowest BCUT2D eigenvalue weighted by molar-refractivity contribution is -0.658. The normalized spacial score (nSPS) is 22.5. The molecule has 2 aromatic rings. The number of nitro benzene ring substituents is 1. The molecule has 2 aromatic carbocycles. The molecule has 0 radical (unpaired) electrons. The Morgan fingerprint density at radius 1 is 1.07 bits per heavy atom. The maximum absolute atomic E-state index is 11.7. The van der Waals surface area contributed by atoms with Crippen molar-refractivity contribution in [2.75, 3.05) is 18.0 Å². The molecule has 6 nitrogen and oxygen atoms in total. The predicted molar refractivity (Wildman–Crippen MR) is 104 cm³/mol. The standard InChI is InChI=1S/C21H24N3O3/c1-16-6-10-18(11-7-16)22-15-21(25,23-14-4-2-3-5-20(22)23)17-8-12-19(13-9-17)24(26)27/h6-13,25H,2-5,14-15H2,1H3/q+1/t21-/m1/s1. The van der Waals surface area contributed by atoms with Crippen LogP contribution in [0.3, 0.4) is 0 Å². The van der Waals surface area contributed by atoms with Crippen LogP contribution >= 0.6 is 0 Å². The minimum absolute atomic E-state index is 0.0378. The quantitative estimate of drug-likeness (QED) is 0.512. The van der Waals surface area contributed by atoms with E-state index in [4.69, 9.17) is 0 Å². The molecule has 1 N–H and O–H groups in total. The summed E-state index contributed by atoms with van der Waals surface area (Å²) in [6.07, 6.45) is 4.19. The fourth-order valence-corrected chi connectivity index (χ4v) is 4.13. The highest BCUT2D eigenvalue weighted by molar-refractivity contribution is 5.95. The van der Waals surface area contributed by atoms with Crippen molar-refractivity contribution in [3.05, 3.63) is 69.8 Å². The fourth-order valence-electron chi connectivity index (χ4n) is 4.13. The van der Waals surface area contributed by atoms with Crippen LogP contribution in [0.4, 0.5) is 11.4 Å². The molecule has 6 heteroatoms. The second kappa shape index (κ2) is 6.78. The molecular formula is C21H24N3O3+. The number of anilines is 1. The molecule has 2 heterocycles. The molecular weight excluding hydrogens is 342 g/mol. The van der Waals surface area contributed by atoms with Crippen molar-refractivity contribution >= 4 is 17.2 Å². The number of hydrogen-bond acceptors (Lipinski definition) is 4. The highest BCUT2D eigenvalue weighted by Crippen LogP contribution is 2.35. The van der Waals surface area contributed by atoms with E-state index >= 15 is 0 Å². The summed E-state index contributed by atoms with van der Waals surface area (Å²) in [5, 5.41) is 22.7. The van der Waals surface area contributed by atoms with E-state index in [-0.39, 0.29) is 5.69 Å². The third-order valence-electron chi connectivity index (χ3n) is 5.62. The van der Waals surface area contributed by atoms with Gasteiger partial charge in [-0.2, -0.15) is 0 Å². The highest BCUT2D eigenvalue weighted by Gasteiger charge is 2.52. The van der Waals surface area contributed by atoms with E-state index in [0.717, 1.165) is 43.8 Å². The van der Waals surface area contributed by atoms with Crippen molar-refractivity contribution in [1.29, 1.82) is 0 Å². The van der Waals surface area contributed by atoms with Crippen molar-refractivity contribution in [3.8, 4) is 0 Å². The van der Waals surface area contributed by atoms with Crippen LogP contribution in [0, 0.1) is 17.0 Å². The molecule has 0 aliphatic carbocycles. The molecule has 0 amide bonds. The summed E-state index contributed by atoms with van der Waals surface area (Å²) in [6.45, 7) is 3.26. The van der Waals surface area contributed by atoms with Crippen molar-refractivity contribution in [3.63, 3.8) is 0 Å². The number of nitrogens with zero attached hydrogens (tertiary/aromatic N) is 3. The zero-order chi connectivity index (χ0) is 19.0. The monoisotopic (exact) mass is 366 g/mol. The molecule has 1 atom stereocenters. The zero-order valence-electron chi connectivity index (χ0n) is 15.5. The first-order chi connectivity index (χ1) is 13.0. The van der Waals surface area contributed by atoms with Gasteiger partial charge in [-0.05, 0) is 50.5 Å². The van der Waals surface area contributed by atoms with E-state index in [1.54, 1.807) is 12.1 Å². The lowest BCUT2D eigenvalue weighted by atomic mass is 10.0. The minimum Gasteiger partial charge on any atom is -0.346 e. The Morgan fingerprint density at radius 2 is 1.78 bits per heavy atom. The van der Waals surface area contributed by atoms with Crippen molar-refractivity contribution < 1.29 is 14.6 Å². The predicted octanol–water partition coefficient (Wildman–Crippen LogP) is 3.55. The molecule has 140 valence electrons. The molecule has 0 aromatic heterocycles. The third-order valence-corrected chi connectivity index (χ3v) is 5.62. The number of rotatable bonds is 3. The number of benzene rings is 2. The SMILES string of the molecule is Cc1ccc(N2C[C@@](O)(c3ccc([N+](=O)[O-])cc3)[N+]3=C2CCCCC3)cc1. The third kappa shape index (κ3) is 3.10. The Kier molecular flexibility index (Phi) is 4.44. The first-order valence-electron chi connectivity index (χ1n) is 9.44. The van der Waals surface area contributed by atoms with Gasteiger partial charge < -0.3 is 5.11 Å². The number of β-amino-alcohol motifs (C(OH)–C–C–N with tert-alkyl or cyclic N) is 1. The summed E-state index contributed by atoms with van der Waals surface area (Å²) >= 11 is 0. The van der Waals surface area contributed by atoms with Gasteiger partial charge in [0.1, 0.15) is 5.69 Å². The van der Waals surface area contributed by atoms with Crippen LogP contribution in [0.15, 0.2) is 48.5 Å². The molecule has 0 bridgehead atoms. The Labute approximate surface area is 158 Å². The summed E-state index contributed by atoms with van der Waals surface area (Å²) in [4.78, 5) is 12.8. The van der Waals surface area contributed by atoms with Gasteiger partial charge >= 0.3 is 0 Å². The second-order valence-corrected chi connectivity index (χ2v) is 7.42. The number of hydrogen-bond donors (Lipinski definition) is 1. The molecule has 4 rings (SSSR count). The molecule has 2 aliphatic heterocycles. The Balaban J connectivity index is 1.77.